The van der Waals surface area contributed by atoms with Crippen LogP contribution in [0.3, 0.4) is 0 Å². The molecular weight excluding hydrogens is 1290 g/mol. The fourth-order valence-corrected chi connectivity index (χ4v) is 13.8. The first-order valence-electron chi connectivity index (χ1n) is 41.2. The van der Waals surface area contributed by atoms with Crippen molar-refractivity contribution in [3.05, 3.63) is 0 Å². The molecule has 0 heterocycles. The number of carbonyl (C=O) groups excluding carboxylic acids is 4. The van der Waals surface area contributed by atoms with Gasteiger partial charge in [-0.3, -0.25) is 37.3 Å². The highest BCUT2D eigenvalue weighted by molar-refractivity contribution is 7.47. The number of esters is 4. The minimum Gasteiger partial charge on any atom is -0.462 e. The molecule has 0 aromatic heterocycles. The molecule has 0 aliphatic carbocycles. The molecule has 19 heteroatoms. The SMILES string of the molecule is CCC(C)CCCCCCCCC(=O)OC[C@H](COP(=O)(O)OC[C@H](O)COP(=O)(O)OC[C@@H](COC(=O)CCCCCCCCCCCCCCC(C)C)OC(=O)CCCCCCCCCCCCCCC(C)C)OC(=O)CCCCCCCCCCCCCCCCCCC(C)C. The second-order valence-corrected chi connectivity index (χ2v) is 33.4. The van der Waals surface area contributed by atoms with Crippen LogP contribution in [0.1, 0.15) is 409 Å². The summed E-state index contributed by atoms with van der Waals surface area (Å²) in [7, 11) is -9.92. The number of unbranched alkanes of at least 4 members (excludes halogenated alkanes) is 42. The number of ether oxygens (including phenoxy) is 4. The highest BCUT2D eigenvalue weighted by Crippen LogP contribution is 2.45. The average molecular weight is 1450 g/mol. The molecule has 3 unspecified atom stereocenters. The van der Waals surface area contributed by atoms with Gasteiger partial charge < -0.3 is 33.8 Å². The van der Waals surface area contributed by atoms with E-state index in [9.17, 15) is 43.2 Å². The first kappa shape index (κ1) is 97.1. The third-order valence-corrected chi connectivity index (χ3v) is 20.8. The summed E-state index contributed by atoms with van der Waals surface area (Å²) < 4.78 is 68.7. The van der Waals surface area contributed by atoms with E-state index >= 15 is 0 Å². The van der Waals surface area contributed by atoms with Gasteiger partial charge >= 0.3 is 39.5 Å². The van der Waals surface area contributed by atoms with Crippen LogP contribution >= 0.6 is 15.6 Å². The minimum absolute atomic E-state index is 0.106. The van der Waals surface area contributed by atoms with Crippen molar-refractivity contribution in [3.63, 3.8) is 0 Å². The summed E-state index contributed by atoms with van der Waals surface area (Å²) in [6.07, 6.45) is 55.5. The Bertz CT molecular complexity index is 1940. The maximum absolute atomic E-state index is 13.1. The van der Waals surface area contributed by atoms with E-state index in [1.54, 1.807) is 0 Å². The monoisotopic (exact) mass is 1450 g/mol. The van der Waals surface area contributed by atoms with Crippen molar-refractivity contribution in [2.24, 2.45) is 23.7 Å². The average Bonchev–Trinajstić information content (AvgIpc) is 1.11. The van der Waals surface area contributed by atoms with Gasteiger partial charge in [-0.2, -0.15) is 0 Å². The first-order valence-corrected chi connectivity index (χ1v) is 44.2. The standard InChI is InChI=1S/C80H156O17P2/c1-9-73(8)59-51-43-38-39-45-53-61-78(83)91-67-76(97-80(85)62-54-46-36-30-24-15-13-11-10-12-14-20-26-32-40-48-56-70(2)3)69-95-99(88,89)93-65-74(81)64-92-98(86,87)94-68-75(96-79(84)63-55-47-37-31-25-19-17-22-28-34-42-50-58-72(6)7)66-90-77(82)60-52-44-35-29-23-18-16-21-27-33-41-49-57-71(4)5/h70-76,81H,9-69H2,1-8H3,(H,86,87)(H,88,89)/t73?,74-,75-,76-/m1/s1. The van der Waals surface area contributed by atoms with Gasteiger partial charge in [0.25, 0.3) is 0 Å². The van der Waals surface area contributed by atoms with Crippen LogP contribution in [0.15, 0.2) is 0 Å². The highest BCUT2D eigenvalue weighted by atomic mass is 31.2. The Morgan fingerprint density at radius 1 is 0.283 bits per heavy atom. The van der Waals surface area contributed by atoms with E-state index in [-0.39, 0.29) is 25.7 Å². The zero-order chi connectivity index (χ0) is 73.1. The molecule has 99 heavy (non-hydrogen) atoms. The van der Waals surface area contributed by atoms with Crippen LogP contribution in [0, 0.1) is 23.7 Å². The van der Waals surface area contributed by atoms with Gasteiger partial charge in [0.15, 0.2) is 12.2 Å². The molecule has 17 nitrogen and oxygen atoms in total. The van der Waals surface area contributed by atoms with E-state index in [0.717, 1.165) is 120 Å². The Morgan fingerprint density at radius 3 is 0.717 bits per heavy atom. The first-order chi connectivity index (χ1) is 47.6. The number of aliphatic hydroxyl groups excluding tert-OH is 1. The van der Waals surface area contributed by atoms with Crippen molar-refractivity contribution < 1.29 is 80.2 Å². The predicted octanol–water partition coefficient (Wildman–Crippen LogP) is 23.6. The number of phosphoric acid groups is 2. The Labute approximate surface area is 607 Å². The molecule has 588 valence electrons. The molecule has 3 N–H and O–H groups in total. The van der Waals surface area contributed by atoms with Gasteiger partial charge in [-0.15, -0.1) is 0 Å². The Balaban J connectivity index is 5.24. The van der Waals surface area contributed by atoms with Gasteiger partial charge in [0.1, 0.15) is 19.3 Å². The van der Waals surface area contributed by atoms with Crippen molar-refractivity contribution in [2.75, 3.05) is 39.6 Å². The van der Waals surface area contributed by atoms with Crippen molar-refractivity contribution in [3.8, 4) is 0 Å². The van der Waals surface area contributed by atoms with Crippen LogP contribution in [-0.4, -0.2) is 96.7 Å². The molecule has 0 bridgehead atoms. The van der Waals surface area contributed by atoms with E-state index in [2.05, 4.69) is 55.4 Å². The maximum Gasteiger partial charge on any atom is 0.472 e. The highest BCUT2D eigenvalue weighted by Gasteiger charge is 2.30. The number of phosphoric ester groups is 2. The van der Waals surface area contributed by atoms with Gasteiger partial charge in [0.05, 0.1) is 26.4 Å². The summed E-state index contributed by atoms with van der Waals surface area (Å²) >= 11 is 0. The molecule has 0 aromatic carbocycles. The number of aliphatic hydroxyl groups is 1. The second kappa shape index (κ2) is 69.1. The quantitative estimate of drug-likeness (QED) is 0.0222. The molecule has 0 fully saturated rings. The fraction of sp³-hybridized carbons (Fsp3) is 0.950. The van der Waals surface area contributed by atoms with Crippen molar-refractivity contribution >= 4 is 39.5 Å². The van der Waals surface area contributed by atoms with E-state index in [1.165, 1.54) is 205 Å². The number of rotatable bonds is 77. The summed E-state index contributed by atoms with van der Waals surface area (Å²) in [6, 6.07) is 0. The summed E-state index contributed by atoms with van der Waals surface area (Å²) in [5.41, 5.74) is 0. The van der Waals surface area contributed by atoms with E-state index in [0.29, 0.717) is 25.7 Å². The lowest BCUT2D eigenvalue weighted by molar-refractivity contribution is -0.161. The van der Waals surface area contributed by atoms with Crippen molar-refractivity contribution in [1.82, 2.24) is 0 Å². The number of hydrogen-bond donors (Lipinski definition) is 3. The molecule has 0 spiro atoms. The van der Waals surface area contributed by atoms with Gasteiger partial charge in [-0.25, -0.2) is 9.13 Å². The lowest BCUT2D eigenvalue weighted by Gasteiger charge is -2.21. The summed E-state index contributed by atoms with van der Waals surface area (Å²) in [5, 5.41) is 10.6. The molecule has 0 rings (SSSR count). The smallest absolute Gasteiger partial charge is 0.462 e. The van der Waals surface area contributed by atoms with Crippen LogP contribution < -0.4 is 0 Å². The van der Waals surface area contributed by atoms with E-state index in [4.69, 9.17) is 37.0 Å². The van der Waals surface area contributed by atoms with Crippen LogP contribution in [0.5, 0.6) is 0 Å². The van der Waals surface area contributed by atoms with Gasteiger partial charge in [0, 0.05) is 25.7 Å². The van der Waals surface area contributed by atoms with Crippen LogP contribution in [-0.2, 0) is 65.4 Å². The van der Waals surface area contributed by atoms with Crippen molar-refractivity contribution in [2.45, 2.75) is 427 Å². The van der Waals surface area contributed by atoms with Crippen LogP contribution in [0.4, 0.5) is 0 Å². The molecule has 0 amide bonds. The van der Waals surface area contributed by atoms with E-state index < -0.39 is 97.5 Å². The third kappa shape index (κ3) is 72.8. The Hall–Kier alpha value is -1.94. The number of carbonyl (C=O) groups is 4. The number of hydrogen-bond acceptors (Lipinski definition) is 15. The normalized spacial score (nSPS) is 14.3. The zero-order valence-electron chi connectivity index (χ0n) is 65.1. The van der Waals surface area contributed by atoms with Gasteiger partial charge in [0.2, 0.25) is 0 Å². The third-order valence-electron chi connectivity index (χ3n) is 18.9. The van der Waals surface area contributed by atoms with Gasteiger partial charge in [-0.1, -0.05) is 357 Å². The molecule has 0 saturated carbocycles. The van der Waals surface area contributed by atoms with Gasteiger partial charge in [-0.05, 0) is 49.4 Å². The van der Waals surface area contributed by atoms with Crippen molar-refractivity contribution in [1.29, 1.82) is 0 Å². The Morgan fingerprint density at radius 2 is 0.485 bits per heavy atom. The maximum atomic E-state index is 13.1. The molecule has 0 aliphatic rings. The predicted molar refractivity (Wildman–Crippen MR) is 404 cm³/mol. The molecule has 0 saturated heterocycles. The lowest BCUT2D eigenvalue weighted by Crippen LogP contribution is -2.30. The largest absolute Gasteiger partial charge is 0.472 e. The lowest BCUT2D eigenvalue weighted by atomic mass is 10.00. The topological polar surface area (TPSA) is 237 Å². The molecule has 0 radical (unpaired) electrons. The molecule has 6 atom stereocenters. The fourth-order valence-electron chi connectivity index (χ4n) is 12.2. The van der Waals surface area contributed by atoms with Crippen LogP contribution in [0.25, 0.3) is 0 Å². The van der Waals surface area contributed by atoms with Crippen LogP contribution in [0.2, 0.25) is 0 Å². The summed E-state index contributed by atoms with van der Waals surface area (Å²) in [6.45, 7) is 14.2. The summed E-state index contributed by atoms with van der Waals surface area (Å²) in [5.74, 6) is 0.983. The minimum atomic E-state index is -4.96. The zero-order valence-corrected chi connectivity index (χ0v) is 66.9. The second-order valence-electron chi connectivity index (χ2n) is 30.5. The molecular formula is C80H156O17P2. The molecule has 0 aliphatic heterocycles. The molecule has 0 aromatic rings. The summed E-state index contributed by atoms with van der Waals surface area (Å²) in [4.78, 5) is 73.0. The Kier molecular flexibility index (Phi) is 67.8. The van der Waals surface area contributed by atoms with E-state index in [1.807, 2.05) is 0 Å².